The number of H-pyrrole nitrogens is 1. The number of aliphatic carboxylic acids is 1. The molecule has 0 fully saturated rings. The van der Waals surface area contributed by atoms with Crippen LogP contribution in [0.25, 0.3) is 0 Å². The van der Waals surface area contributed by atoms with E-state index in [-0.39, 0.29) is 12.0 Å². The van der Waals surface area contributed by atoms with Gasteiger partial charge in [0.2, 0.25) is 0 Å². The first kappa shape index (κ1) is 14.4. The second-order valence-corrected chi connectivity index (χ2v) is 4.37. The van der Waals surface area contributed by atoms with Gasteiger partial charge in [0.25, 0.3) is 5.91 Å². The van der Waals surface area contributed by atoms with E-state index in [0.717, 1.165) is 0 Å². The fraction of sp³-hybridized carbons (Fsp3) is 0.143. The van der Waals surface area contributed by atoms with Crippen molar-refractivity contribution in [2.45, 2.75) is 12.5 Å². The zero-order valence-corrected chi connectivity index (χ0v) is 10.9. The zero-order chi connectivity index (χ0) is 15.2. The van der Waals surface area contributed by atoms with Crippen LogP contribution in [0.1, 0.15) is 26.4 Å². The molecule has 2 aromatic rings. The summed E-state index contributed by atoms with van der Waals surface area (Å²) in [6.45, 7) is 0. The standard InChI is InChI=1S/C14H13N3O4/c18-7-9-1-3-10(4-2-9)13(19)17-12(14(20)21)5-11-6-15-8-16-11/h1-4,6-8,12H,5H2,(H,15,16)(H,17,19)(H,20,21)/t12-/m0/s1. The lowest BCUT2D eigenvalue weighted by Gasteiger charge is -2.13. The van der Waals surface area contributed by atoms with E-state index in [4.69, 9.17) is 5.11 Å². The normalized spacial score (nSPS) is 11.6. The Morgan fingerprint density at radius 3 is 2.57 bits per heavy atom. The van der Waals surface area contributed by atoms with Gasteiger partial charge in [-0.2, -0.15) is 0 Å². The summed E-state index contributed by atoms with van der Waals surface area (Å²) in [6.07, 6.45) is 3.76. The number of aldehydes is 1. The van der Waals surface area contributed by atoms with Gasteiger partial charge in [0.05, 0.1) is 12.0 Å². The van der Waals surface area contributed by atoms with Crippen LogP contribution in [0.3, 0.4) is 0 Å². The number of imidazole rings is 1. The summed E-state index contributed by atoms with van der Waals surface area (Å²) in [5.41, 5.74) is 1.27. The Hall–Kier alpha value is -2.96. The van der Waals surface area contributed by atoms with E-state index in [1.807, 2.05) is 0 Å². The van der Waals surface area contributed by atoms with Crippen molar-refractivity contribution < 1.29 is 19.5 Å². The molecule has 108 valence electrons. The van der Waals surface area contributed by atoms with E-state index in [2.05, 4.69) is 15.3 Å². The molecule has 7 nitrogen and oxygen atoms in total. The number of rotatable bonds is 6. The molecule has 1 aromatic carbocycles. The molecule has 0 saturated heterocycles. The Labute approximate surface area is 120 Å². The van der Waals surface area contributed by atoms with Crippen LogP contribution in [0.5, 0.6) is 0 Å². The molecule has 0 radical (unpaired) electrons. The number of carboxylic acid groups (broad SMARTS) is 1. The van der Waals surface area contributed by atoms with Crippen molar-refractivity contribution in [3.63, 3.8) is 0 Å². The fourth-order valence-electron chi connectivity index (χ4n) is 1.77. The molecule has 3 N–H and O–H groups in total. The SMILES string of the molecule is O=Cc1ccc(C(=O)N[C@@H](Cc2c[nH]cn2)C(=O)O)cc1. The van der Waals surface area contributed by atoms with Gasteiger partial charge in [-0.05, 0) is 12.1 Å². The molecule has 0 saturated carbocycles. The number of benzene rings is 1. The van der Waals surface area contributed by atoms with Gasteiger partial charge in [0, 0.05) is 23.7 Å². The Kier molecular flexibility index (Phi) is 4.45. The van der Waals surface area contributed by atoms with E-state index >= 15 is 0 Å². The molecule has 0 aliphatic rings. The average Bonchev–Trinajstić information content (AvgIpc) is 2.99. The number of carboxylic acids is 1. The third-order valence-corrected chi connectivity index (χ3v) is 2.88. The minimum atomic E-state index is -1.14. The molecule has 1 atom stereocenters. The van der Waals surface area contributed by atoms with Crippen molar-refractivity contribution in [3.05, 3.63) is 53.6 Å². The molecule has 1 amide bonds. The summed E-state index contributed by atoms with van der Waals surface area (Å²) in [7, 11) is 0. The molecular weight excluding hydrogens is 274 g/mol. The van der Waals surface area contributed by atoms with Gasteiger partial charge in [-0.25, -0.2) is 9.78 Å². The second-order valence-electron chi connectivity index (χ2n) is 4.37. The van der Waals surface area contributed by atoms with Gasteiger partial charge in [-0.15, -0.1) is 0 Å². The molecule has 0 bridgehead atoms. The van der Waals surface area contributed by atoms with Crippen LogP contribution in [0.4, 0.5) is 0 Å². The first-order valence-electron chi connectivity index (χ1n) is 6.16. The lowest BCUT2D eigenvalue weighted by molar-refractivity contribution is -0.139. The molecule has 21 heavy (non-hydrogen) atoms. The van der Waals surface area contributed by atoms with Crippen molar-refractivity contribution >= 4 is 18.2 Å². The largest absolute Gasteiger partial charge is 0.480 e. The van der Waals surface area contributed by atoms with Gasteiger partial charge in [-0.1, -0.05) is 12.1 Å². The van der Waals surface area contributed by atoms with Gasteiger partial charge >= 0.3 is 5.97 Å². The first-order valence-corrected chi connectivity index (χ1v) is 6.16. The van der Waals surface area contributed by atoms with E-state index in [9.17, 15) is 14.4 Å². The predicted octanol–water partition coefficient (Wildman–Crippen LogP) is 0.648. The Morgan fingerprint density at radius 1 is 1.33 bits per heavy atom. The number of amides is 1. The van der Waals surface area contributed by atoms with Crippen LogP contribution in [0.2, 0.25) is 0 Å². The summed E-state index contributed by atoms with van der Waals surface area (Å²) in [4.78, 5) is 40.4. The molecule has 0 aliphatic heterocycles. The number of nitrogens with one attached hydrogen (secondary N) is 2. The van der Waals surface area contributed by atoms with E-state index in [1.165, 1.54) is 30.6 Å². The van der Waals surface area contributed by atoms with Crippen LogP contribution in [-0.4, -0.2) is 39.3 Å². The Balaban J connectivity index is 2.06. The average molecular weight is 287 g/mol. The number of carbonyl (C=O) groups excluding carboxylic acids is 2. The van der Waals surface area contributed by atoms with Crippen LogP contribution >= 0.6 is 0 Å². The number of hydrogen-bond donors (Lipinski definition) is 3. The Morgan fingerprint density at radius 2 is 2.05 bits per heavy atom. The highest BCUT2D eigenvalue weighted by Crippen LogP contribution is 2.05. The van der Waals surface area contributed by atoms with Crippen molar-refractivity contribution in [2.75, 3.05) is 0 Å². The maximum Gasteiger partial charge on any atom is 0.326 e. The van der Waals surface area contributed by atoms with Crippen LogP contribution in [0.15, 0.2) is 36.8 Å². The van der Waals surface area contributed by atoms with E-state index < -0.39 is 17.9 Å². The summed E-state index contributed by atoms with van der Waals surface area (Å²) >= 11 is 0. The van der Waals surface area contributed by atoms with E-state index in [0.29, 0.717) is 17.5 Å². The first-order chi connectivity index (χ1) is 10.1. The fourth-order valence-corrected chi connectivity index (χ4v) is 1.77. The quantitative estimate of drug-likeness (QED) is 0.675. The van der Waals surface area contributed by atoms with Crippen molar-refractivity contribution in [1.29, 1.82) is 0 Å². The highest BCUT2D eigenvalue weighted by atomic mass is 16.4. The van der Waals surface area contributed by atoms with Gasteiger partial charge in [0.15, 0.2) is 0 Å². The topological polar surface area (TPSA) is 112 Å². The zero-order valence-electron chi connectivity index (χ0n) is 10.9. The number of aromatic amines is 1. The van der Waals surface area contributed by atoms with E-state index in [1.54, 1.807) is 6.20 Å². The summed E-state index contributed by atoms with van der Waals surface area (Å²) in [6, 6.07) is 4.84. The minimum absolute atomic E-state index is 0.0804. The summed E-state index contributed by atoms with van der Waals surface area (Å²) in [5, 5.41) is 11.6. The lowest BCUT2D eigenvalue weighted by atomic mass is 10.1. The maximum atomic E-state index is 12.0. The summed E-state index contributed by atoms with van der Waals surface area (Å²) in [5.74, 6) is -1.66. The number of hydrogen-bond acceptors (Lipinski definition) is 4. The molecule has 1 aromatic heterocycles. The maximum absolute atomic E-state index is 12.0. The van der Waals surface area contributed by atoms with Gasteiger partial charge in [0.1, 0.15) is 12.3 Å². The summed E-state index contributed by atoms with van der Waals surface area (Å²) < 4.78 is 0. The molecule has 0 unspecified atom stereocenters. The van der Waals surface area contributed by atoms with Gasteiger partial charge < -0.3 is 15.4 Å². The van der Waals surface area contributed by atoms with Crippen molar-refractivity contribution in [3.8, 4) is 0 Å². The van der Waals surface area contributed by atoms with Crippen molar-refractivity contribution in [2.24, 2.45) is 0 Å². The smallest absolute Gasteiger partial charge is 0.326 e. The molecule has 0 spiro atoms. The monoisotopic (exact) mass is 287 g/mol. The molecule has 0 aliphatic carbocycles. The highest BCUT2D eigenvalue weighted by Gasteiger charge is 2.21. The molecule has 2 rings (SSSR count). The van der Waals surface area contributed by atoms with Crippen LogP contribution in [-0.2, 0) is 11.2 Å². The minimum Gasteiger partial charge on any atom is -0.480 e. The Bertz CT molecular complexity index is 635. The lowest BCUT2D eigenvalue weighted by Crippen LogP contribution is -2.42. The molecule has 1 heterocycles. The number of nitrogens with zero attached hydrogens (tertiary/aromatic N) is 1. The van der Waals surface area contributed by atoms with Crippen LogP contribution < -0.4 is 5.32 Å². The molecule has 7 heteroatoms. The predicted molar refractivity (Wildman–Crippen MR) is 73.0 cm³/mol. The third kappa shape index (κ3) is 3.75. The third-order valence-electron chi connectivity index (χ3n) is 2.88. The highest BCUT2D eigenvalue weighted by molar-refractivity contribution is 5.97. The number of aromatic nitrogens is 2. The second kappa shape index (κ2) is 6.47. The number of carbonyl (C=O) groups is 3. The molecular formula is C14H13N3O4. The van der Waals surface area contributed by atoms with Gasteiger partial charge in [-0.3, -0.25) is 9.59 Å². The van der Waals surface area contributed by atoms with Crippen molar-refractivity contribution in [1.82, 2.24) is 15.3 Å². The van der Waals surface area contributed by atoms with Crippen LogP contribution in [0, 0.1) is 0 Å².